The van der Waals surface area contributed by atoms with Crippen LogP contribution in [0.25, 0.3) is 0 Å². The van der Waals surface area contributed by atoms with Crippen molar-refractivity contribution < 1.29 is 0 Å². The quantitative estimate of drug-likeness (QED) is 0.879. The summed E-state index contributed by atoms with van der Waals surface area (Å²) in [4.78, 5) is 0. The molecule has 2 aromatic carbocycles. The summed E-state index contributed by atoms with van der Waals surface area (Å²) in [5.41, 5.74) is 2.79. The highest BCUT2D eigenvalue weighted by Gasteiger charge is 2.18. The van der Waals surface area contributed by atoms with E-state index in [0.717, 1.165) is 22.8 Å². The molecule has 102 valence electrons. The third-order valence-electron chi connectivity index (χ3n) is 3.30. The Labute approximate surface area is 125 Å². The first-order chi connectivity index (χ1) is 9.51. The average Bonchev–Trinajstić information content (AvgIpc) is 2.47. The molecule has 0 heterocycles. The number of rotatable bonds is 4. The maximum atomic E-state index is 9.11. The van der Waals surface area contributed by atoms with Crippen LogP contribution in [0.5, 0.6) is 0 Å². The maximum absolute atomic E-state index is 9.11. The number of halogens is 1. The van der Waals surface area contributed by atoms with Gasteiger partial charge in [0.15, 0.2) is 0 Å². The average molecular weight is 285 g/mol. The Morgan fingerprint density at radius 3 is 2.20 bits per heavy atom. The third kappa shape index (κ3) is 3.53. The number of hydrogen-bond acceptors (Lipinski definition) is 2. The van der Waals surface area contributed by atoms with Crippen LogP contribution in [0.15, 0.2) is 48.5 Å². The van der Waals surface area contributed by atoms with Crippen molar-refractivity contribution in [3.05, 3.63) is 64.7 Å². The molecule has 0 radical (unpaired) electrons. The largest absolute Gasteiger partial charge is 0.381 e. The molecule has 2 aromatic rings. The summed E-state index contributed by atoms with van der Waals surface area (Å²) in [5.74, 6) is 0. The first-order valence-corrected chi connectivity index (χ1v) is 6.89. The van der Waals surface area contributed by atoms with Crippen LogP contribution in [0.2, 0.25) is 5.02 Å². The Balaban J connectivity index is 2.01. The van der Waals surface area contributed by atoms with Gasteiger partial charge in [0, 0.05) is 17.3 Å². The van der Waals surface area contributed by atoms with Gasteiger partial charge in [0.05, 0.1) is 11.5 Å². The molecule has 0 amide bonds. The lowest BCUT2D eigenvalue weighted by Crippen LogP contribution is -2.13. The highest BCUT2D eigenvalue weighted by Crippen LogP contribution is 2.23. The van der Waals surface area contributed by atoms with Gasteiger partial charge < -0.3 is 5.32 Å². The minimum atomic E-state index is -0.450. The van der Waals surface area contributed by atoms with Crippen molar-refractivity contribution in [2.45, 2.75) is 25.8 Å². The predicted molar refractivity (Wildman–Crippen MR) is 83.9 cm³/mol. The lowest BCUT2D eigenvalue weighted by atomic mass is 9.86. The Morgan fingerprint density at radius 2 is 1.65 bits per heavy atom. The van der Waals surface area contributed by atoms with E-state index in [0.29, 0.717) is 0 Å². The van der Waals surface area contributed by atoms with Crippen molar-refractivity contribution in [3.63, 3.8) is 0 Å². The summed E-state index contributed by atoms with van der Waals surface area (Å²) < 4.78 is 0. The number of nitrogens with one attached hydrogen (secondary N) is 1. The summed E-state index contributed by atoms with van der Waals surface area (Å²) in [6.07, 6.45) is 0. The zero-order valence-corrected chi connectivity index (χ0v) is 12.4. The molecule has 2 nitrogen and oxygen atoms in total. The standard InChI is InChI=1S/C17H17ClN2/c1-17(2,12-19)14-5-9-16(10-6-14)20-11-13-3-7-15(18)8-4-13/h3-10,20H,11H2,1-2H3. The van der Waals surface area contributed by atoms with Crippen LogP contribution in [0, 0.1) is 11.3 Å². The Morgan fingerprint density at radius 1 is 1.05 bits per heavy atom. The summed E-state index contributed by atoms with van der Waals surface area (Å²) >= 11 is 5.86. The highest BCUT2D eigenvalue weighted by molar-refractivity contribution is 6.30. The fourth-order valence-corrected chi connectivity index (χ4v) is 2.00. The molecule has 0 aliphatic carbocycles. The summed E-state index contributed by atoms with van der Waals surface area (Å²) in [6, 6.07) is 18.1. The van der Waals surface area contributed by atoms with Crippen molar-refractivity contribution in [1.29, 1.82) is 5.26 Å². The van der Waals surface area contributed by atoms with E-state index in [1.54, 1.807) is 0 Å². The van der Waals surface area contributed by atoms with Crippen molar-refractivity contribution in [1.82, 2.24) is 0 Å². The SMILES string of the molecule is CC(C)(C#N)c1ccc(NCc2ccc(Cl)cc2)cc1. The molecule has 20 heavy (non-hydrogen) atoms. The summed E-state index contributed by atoms with van der Waals surface area (Å²) in [7, 11) is 0. The molecule has 3 heteroatoms. The van der Waals surface area contributed by atoms with Gasteiger partial charge in [-0.3, -0.25) is 0 Å². The van der Waals surface area contributed by atoms with Gasteiger partial charge in [0.1, 0.15) is 0 Å². The van der Waals surface area contributed by atoms with Crippen LogP contribution in [0.3, 0.4) is 0 Å². The lowest BCUT2D eigenvalue weighted by Gasteiger charge is -2.16. The Kier molecular flexibility index (Phi) is 4.32. The molecule has 0 bridgehead atoms. The van der Waals surface area contributed by atoms with E-state index < -0.39 is 5.41 Å². The van der Waals surface area contributed by atoms with Gasteiger partial charge in [-0.05, 0) is 49.2 Å². The number of benzene rings is 2. The maximum Gasteiger partial charge on any atom is 0.0766 e. The second-order valence-corrected chi connectivity index (χ2v) is 5.73. The van der Waals surface area contributed by atoms with E-state index in [4.69, 9.17) is 16.9 Å². The lowest BCUT2D eigenvalue weighted by molar-refractivity contribution is 0.687. The normalized spacial score (nSPS) is 10.9. The highest BCUT2D eigenvalue weighted by atomic mass is 35.5. The minimum absolute atomic E-state index is 0.450. The fourth-order valence-electron chi connectivity index (χ4n) is 1.88. The molecule has 2 rings (SSSR count). The van der Waals surface area contributed by atoms with Gasteiger partial charge >= 0.3 is 0 Å². The molecule has 0 fully saturated rings. The molecule has 0 saturated heterocycles. The first kappa shape index (κ1) is 14.4. The molecular weight excluding hydrogens is 268 g/mol. The molecule has 0 unspecified atom stereocenters. The van der Waals surface area contributed by atoms with E-state index in [9.17, 15) is 0 Å². The van der Waals surface area contributed by atoms with Gasteiger partial charge in [-0.15, -0.1) is 0 Å². The predicted octanol–water partition coefficient (Wildman–Crippen LogP) is 4.75. The van der Waals surface area contributed by atoms with E-state index >= 15 is 0 Å². The second kappa shape index (κ2) is 5.98. The van der Waals surface area contributed by atoms with Crippen LogP contribution >= 0.6 is 11.6 Å². The first-order valence-electron chi connectivity index (χ1n) is 6.51. The van der Waals surface area contributed by atoms with Crippen LogP contribution in [0.4, 0.5) is 5.69 Å². The van der Waals surface area contributed by atoms with Crippen LogP contribution in [-0.2, 0) is 12.0 Å². The summed E-state index contributed by atoms with van der Waals surface area (Å²) in [6.45, 7) is 4.59. The van der Waals surface area contributed by atoms with Gasteiger partial charge in [-0.25, -0.2) is 0 Å². The molecule has 0 aliphatic rings. The zero-order valence-electron chi connectivity index (χ0n) is 11.7. The van der Waals surface area contributed by atoms with Gasteiger partial charge in [0.25, 0.3) is 0 Å². The van der Waals surface area contributed by atoms with Crippen molar-refractivity contribution >= 4 is 17.3 Å². The molecule has 0 saturated carbocycles. The van der Waals surface area contributed by atoms with E-state index in [2.05, 4.69) is 11.4 Å². The smallest absolute Gasteiger partial charge is 0.0766 e. The molecule has 0 aliphatic heterocycles. The van der Waals surface area contributed by atoms with Crippen LogP contribution < -0.4 is 5.32 Å². The Hall–Kier alpha value is -1.98. The van der Waals surface area contributed by atoms with Gasteiger partial charge in [0.2, 0.25) is 0 Å². The van der Waals surface area contributed by atoms with Crippen molar-refractivity contribution in [2.75, 3.05) is 5.32 Å². The third-order valence-corrected chi connectivity index (χ3v) is 3.55. The topological polar surface area (TPSA) is 35.8 Å². The zero-order chi connectivity index (χ0) is 14.6. The Bertz CT molecular complexity index is 607. The van der Waals surface area contributed by atoms with E-state index in [1.807, 2.05) is 62.4 Å². The molecule has 1 N–H and O–H groups in total. The van der Waals surface area contributed by atoms with Gasteiger partial charge in [-0.1, -0.05) is 35.9 Å². The monoisotopic (exact) mass is 284 g/mol. The van der Waals surface area contributed by atoms with E-state index in [1.165, 1.54) is 5.56 Å². The molecular formula is C17H17ClN2. The summed E-state index contributed by atoms with van der Waals surface area (Å²) in [5, 5.41) is 13.2. The number of nitrogens with zero attached hydrogens (tertiary/aromatic N) is 1. The minimum Gasteiger partial charge on any atom is -0.381 e. The second-order valence-electron chi connectivity index (χ2n) is 5.29. The van der Waals surface area contributed by atoms with Crippen LogP contribution in [-0.4, -0.2) is 0 Å². The van der Waals surface area contributed by atoms with Crippen molar-refractivity contribution in [3.8, 4) is 6.07 Å². The molecule has 0 aromatic heterocycles. The number of hydrogen-bond donors (Lipinski definition) is 1. The van der Waals surface area contributed by atoms with E-state index in [-0.39, 0.29) is 0 Å². The molecule has 0 atom stereocenters. The number of nitriles is 1. The number of anilines is 1. The molecule has 0 spiro atoms. The van der Waals surface area contributed by atoms with Crippen LogP contribution in [0.1, 0.15) is 25.0 Å². The van der Waals surface area contributed by atoms with Crippen molar-refractivity contribution in [2.24, 2.45) is 0 Å². The van der Waals surface area contributed by atoms with Gasteiger partial charge in [-0.2, -0.15) is 5.26 Å². The fraction of sp³-hybridized carbons (Fsp3) is 0.235.